The highest BCUT2D eigenvalue weighted by molar-refractivity contribution is 6.03. The molecule has 1 aliphatic rings. The number of fused-ring (bicyclic) bond motifs is 1. The lowest BCUT2D eigenvalue weighted by molar-refractivity contribution is 0.0937. The summed E-state index contributed by atoms with van der Waals surface area (Å²) in [4.78, 5) is 12.2. The van der Waals surface area contributed by atoms with Crippen LogP contribution < -0.4 is 9.47 Å². The maximum atomic E-state index is 12.2. The zero-order valence-corrected chi connectivity index (χ0v) is 11.0. The van der Waals surface area contributed by atoms with E-state index in [4.69, 9.17) is 9.47 Å². The largest absolute Gasteiger partial charge is 0.493 e. The Hall–Kier alpha value is -1.77. The Balaban J connectivity index is 2.33. The monoisotopic (exact) mass is 246 g/mol. The smallest absolute Gasteiger partial charge is 0.167 e. The summed E-state index contributed by atoms with van der Waals surface area (Å²) in [5, 5.41) is 0. The number of methoxy groups -OCH3 is 2. The van der Waals surface area contributed by atoms with Gasteiger partial charge in [-0.1, -0.05) is 12.2 Å². The number of benzene rings is 1. The highest BCUT2D eigenvalue weighted by Gasteiger charge is 2.31. The van der Waals surface area contributed by atoms with Gasteiger partial charge in [-0.05, 0) is 37.5 Å². The van der Waals surface area contributed by atoms with Crippen molar-refractivity contribution in [3.05, 3.63) is 35.4 Å². The summed E-state index contributed by atoms with van der Waals surface area (Å²) in [6, 6.07) is 3.72. The van der Waals surface area contributed by atoms with E-state index in [2.05, 4.69) is 0 Å². The topological polar surface area (TPSA) is 35.5 Å². The standard InChI is InChI=1S/C15H18O3/c1-4-5-6-10-7-11-8-13(17-2)14(18-3)9-12(11)15(10)16/h4-5,8-10H,6-7H2,1-3H3. The second-order valence-corrected chi connectivity index (χ2v) is 4.43. The molecule has 0 amide bonds. The van der Waals surface area contributed by atoms with Crippen LogP contribution >= 0.6 is 0 Å². The van der Waals surface area contributed by atoms with Gasteiger partial charge in [0.2, 0.25) is 0 Å². The second kappa shape index (κ2) is 5.25. The Labute approximate surface area is 107 Å². The molecule has 0 saturated carbocycles. The second-order valence-electron chi connectivity index (χ2n) is 4.43. The van der Waals surface area contributed by atoms with Crippen molar-refractivity contribution >= 4 is 5.78 Å². The van der Waals surface area contributed by atoms with Crippen molar-refractivity contribution in [3.8, 4) is 11.5 Å². The maximum absolute atomic E-state index is 12.2. The molecule has 1 unspecified atom stereocenters. The summed E-state index contributed by atoms with van der Waals surface area (Å²) in [6.07, 6.45) is 5.62. The predicted molar refractivity (Wildman–Crippen MR) is 70.5 cm³/mol. The molecule has 0 fully saturated rings. The third-order valence-corrected chi connectivity index (χ3v) is 3.37. The number of hydrogen-bond donors (Lipinski definition) is 0. The minimum absolute atomic E-state index is 0.0630. The number of carbonyl (C=O) groups excluding carboxylic acids is 1. The van der Waals surface area contributed by atoms with Crippen LogP contribution in [0.1, 0.15) is 29.3 Å². The molecule has 1 aromatic carbocycles. The van der Waals surface area contributed by atoms with Crippen molar-refractivity contribution < 1.29 is 14.3 Å². The van der Waals surface area contributed by atoms with E-state index in [1.807, 2.05) is 25.1 Å². The summed E-state index contributed by atoms with van der Waals surface area (Å²) >= 11 is 0. The highest BCUT2D eigenvalue weighted by Crippen LogP contribution is 2.37. The summed E-state index contributed by atoms with van der Waals surface area (Å²) in [7, 11) is 3.19. The molecule has 18 heavy (non-hydrogen) atoms. The van der Waals surface area contributed by atoms with Crippen LogP contribution in [0.25, 0.3) is 0 Å². The van der Waals surface area contributed by atoms with E-state index in [9.17, 15) is 4.79 Å². The molecule has 3 nitrogen and oxygen atoms in total. The van der Waals surface area contributed by atoms with Crippen LogP contribution in [0.3, 0.4) is 0 Å². The number of carbonyl (C=O) groups is 1. The molecule has 0 radical (unpaired) electrons. The molecule has 1 aromatic rings. The van der Waals surface area contributed by atoms with Gasteiger partial charge in [-0.2, -0.15) is 0 Å². The molecule has 0 saturated heterocycles. The number of ether oxygens (including phenoxy) is 2. The van der Waals surface area contributed by atoms with E-state index in [0.717, 1.165) is 24.0 Å². The average molecular weight is 246 g/mol. The van der Waals surface area contributed by atoms with Crippen LogP contribution in [-0.2, 0) is 6.42 Å². The molecule has 3 heteroatoms. The molecular weight excluding hydrogens is 228 g/mol. The van der Waals surface area contributed by atoms with Crippen LogP contribution in [0.4, 0.5) is 0 Å². The van der Waals surface area contributed by atoms with Gasteiger partial charge in [0.1, 0.15) is 0 Å². The Kier molecular flexibility index (Phi) is 3.70. The van der Waals surface area contributed by atoms with Crippen LogP contribution in [0.5, 0.6) is 11.5 Å². The summed E-state index contributed by atoms with van der Waals surface area (Å²) < 4.78 is 10.5. The SMILES string of the molecule is CC=CCC1Cc2cc(OC)c(OC)cc2C1=O. The zero-order valence-electron chi connectivity index (χ0n) is 11.0. The van der Waals surface area contributed by atoms with Crippen LogP contribution in [0.2, 0.25) is 0 Å². The first kappa shape index (κ1) is 12.7. The Bertz CT molecular complexity index is 489. The van der Waals surface area contributed by atoms with Crippen molar-refractivity contribution in [2.45, 2.75) is 19.8 Å². The first-order valence-corrected chi connectivity index (χ1v) is 6.11. The molecule has 0 N–H and O–H groups in total. The fourth-order valence-electron chi connectivity index (χ4n) is 2.39. The summed E-state index contributed by atoms with van der Waals surface area (Å²) in [5.41, 5.74) is 1.84. The molecule has 0 bridgehead atoms. The van der Waals surface area contributed by atoms with E-state index < -0.39 is 0 Å². The number of rotatable bonds is 4. The molecule has 1 atom stereocenters. The van der Waals surface area contributed by atoms with Gasteiger partial charge in [-0.3, -0.25) is 4.79 Å². The fourth-order valence-corrected chi connectivity index (χ4v) is 2.39. The van der Waals surface area contributed by atoms with Crippen molar-refractivity contribution in [2.75, 3.05) is 14.2 Å². The maximum Gasteiger partial charge on any atom is 0.167 e. The van der Waals surface area contributed by atoms with Gasteiger partial charge in [-0.15, -0.1) is 0 Å². The quantitative estimate of drug-likeness (QED) is 0.766. The van der Waals surface area contributed by atoms with Gasteiger partial charge in [0.05, 0.1) is 14.2 Å². The molecule has 96 valence electrons. The Morgan fingerprint density at radius 2 is 1.94 bits per heavy atom. The zero-order chi connectivity index (χ0) is 13.1. The van der Waals surface area contributed by atoms with Gasteiger partial charge in [-0.25, -0.2) is 0 Å². The van der Waals surface area contributed by atoms with Crippen molar-refractivity contribution in [1.82, 2.24) is 0 Å². The van der Waals surface area contributed by atoms with E-state index in [1.165, 1.54) is 0 Å². The average Bonchev–Trinajstić information content (AvgIpc) is 2.71. The van der Waals surface area contributed by atoms with Crippen molar-refractivity contribution in [2.24, 2.45) is 5.92 Å². The molecule has 0 aromatic heterocycles. The van der Waals surface area contributed by atoms with Crippen LogP contribution in [0, 0.1) is 5.92 Å². The van der Waals surface area contributed by atoms with E-state index >= 15 is 0 Å². The van der Waals surface area contributed by atoms with Crippen LogP contribution in [0.15, 0.2) is 24.3 Å². The third-order valence-electron chi connectivity index (χ3n) is 3.37. The number of allylic oxidation sites excluding steroid dienone is 2. The molecule has 0 spiro atoms. The van der Waals surface area contributed by atoms with Crippen molar-refractivity contribution in [1.29, 1.82) is 0 Å². The van der Waals surface area contributed by atoms with Gasteiger partial charge in [0.25, 0.3) is 0 Å². The van der Waals surface area contributed by atoms with E-state index in [1.54, 1.807) is 20.3 Å². The fraction of sp³-hybridized carbons (Fsp3) is 0.400. The first-order chi connectivity index (χ1) is 8.71. The lowest BCUT2D eigenvalue weighted by atomic mass is 10.0. The number of ketones is 1. The minimum Gasteiger partial charge on any atom is -0.493 e. The van der Waals surface area contributed by atoms with Crippen molar-refractivity contribution in [3.63, 3.8) is 0 Å². The lowest BCUT2D eigenvalue weighted by Crippen LogP contribution is -2.07. The van der Waals surface area contributed by atoms with Gasteiger partial charge < -0.3 is 9.47 Å². The number of hydrogen-bond acceptors (Lipinski definition) is 3. The third kappa shape index (κ3) is 2.13. The Morgan fingerprint density at radius 3 is 2.56 bits per heavy atom. The highest BCUT2D eigenvalue weighted by atomic mass is 16.5. The van der Waals surface area contributed by atoms with Gasteiger partial charge in [0, 0.05) is 11.5 Å². The van der Waals surface area contributed by atoms with Gasteiger partial charge >= 0.3 is 0 Å². The normalized spacial score (nSPS) is 18.2. The first-order valence-electron chi connectivity index (χ1n) is 6.11. The van der Waals surface area contributed by atoms with E-state index in [0.29, 0.717) is 11.5 Å². The number of Topliss-reactive ketones (excluding diaryl/α,β-unsaturated/α-hetero) is 1. The summed E-state index contributed by atoms with van der Waals surface area (Å²) in [5.74, 6) is 1.59. The molecule has 1 aliphatic carbocycles. The van der Waals surface area contributed by atoms with Crippen LogP contribution in [-0.4, -0.2) is 20.0 Å². The molecule has 2 rings (SSSR count). The van der Waals surface area contributed by atoms with E-state index in [-0.39, 0.29) is 11.7 Å². The predicted octanol–water partition coefficient (Wildman–Crippen LogP) is 3.03. The summed E-state index contributed by atoms with van der Waals surface area (Å²) in [6.45, 7) is 1.97. The molecule has 0 heterocycles. The lowest BCUT2D eigenvalue weighted by Gasteiger charge is -2.09. The van der Waals surface area contributed by atoms with Gasteiger partial charge in [0.15, 0.2) is 17.3 Å². The molecular formula is C15H18O3. The Morgan fingerprint density at radius 1 is 1.28 bits per heavy atom. The minimum atomic E-state index is 0.0630. The molecule has 0 aliphatic heterocycles.